The minimum atomic E-state index is -0.184. The van der Waals surface area contributed by atoms with E-state index in [-0.39, 0.29) is 5.91 Å². The molecule has 0 radical (unpaired) electrons. The van der Waals surface area contributed by atoms with Gasteiger partial charge in [0.1, 0.15) is 9.88 Å². The molecule has 0 spiro atoms. The van der Waals surface area contributed by atoms with E-state index < -0.39 is 0 Å². The highest BCUT2D eigenvalue weighted by Crippen LogP contribution is 2.33. The van der Waals surface area contributed by atoms with Crippen molar-refractivity contribution >= 4 is 51.8 Å². The number of carbonyl (C=O) groups is 1. The number of piperazine rings is 1. The summed E-state index contributed by atoms with van der Waals surface area (Å²) in [4.78, 5) is 22.8. The van der Waals surface area contributed by atoms with Crippen molar-refractivity contribution in [1.82, 2.24) is 9.88 Å². The number of halogens is 2. The number of hydrogen-bond acceptors (Lipinski definition) is 5. The molecule has 1 aromatic heterocycles. The predicted molar refractivity (Wildman–Crippen MR) is 126 cm³/mol. The molecular formula is C22H22Cl2N4OS. The van der Waals surface area contributed by atoms with Gasteiger partial charge in [-0.2, -0.15) is 0 Å². The number of anilines is 2. The molecule has 0 saturated carbocycles. The zero-order valence-electron chi connectivity index (χ0n) is 16.8. The lowest BCUT2D eigenvalue weighted by Gasteiger charge is -2.35. The molecular weight excluding hydrogens is 439 g/mol. The van der Waals surface area contributed by atoms with E-state index in [9.17, 15) is 4.79 Å². The van der Waals surface area contributed by atoms with Crippen LogP contribution < -0.4 is 10.2 Å². The van der Waals surface area contributed by atoms with Gasteiger partial charge in [0.05, 0.1) is 17.1 Å². The van der Waals surface area contributed by atoms with Gasteiger partial charge in [-0.1, -0.05) is 35.3 Å². The maximum absolute atomic E-state index is 13.1. The van der Waals surface area contributed by atoms with Crippen molar-refractivity contribution in [2.24, 2.45) is 0 Å². The molecule has 1 aliphatic rings. The van der Waals surface area contributed by atoms with Crippen LogP contribution in [0.1, 0.15) is 15.4 Å². The number of thiazole rings is 1. The molecule has 0 unspecified atom stereocenters. The second-order valence-electron chi connectivity index (χ2n) is 7.35. The summed E-state index contributed by atoms with van der Waals surface area (Å²) in [6.45, 7) is 5.61. The highest BCUT2D eigenvalue weighted by molar-refractivity contribution is 7.17. The summed E-state index contributed by atoms with van der Waals surface area (Å²) in [6, 6.07) is 13.1. The van der Waals surface area contributed by atoms with Crippen LogP contribution in [0.2, 0.25) is 10.0 Å². The normalized spacial score (nSPS) is 14.7. The Hall–Kier alpha value is -2.12. The average molecular weight is 461 g/mol. The third-order valence-electron chi connectivity index (χ3n) is 5.13. The van der Waals surface area contributed by atoms with Crippen LogP contribution in [0.25, 0.3) is 10.6 Å². The van der Waals surface area contributed by atoms with E-state index in [2.05, 4.69) is 27.1 Å². The summed E-state index contributed by atoms with van der Waals surface area (Å²) in [5.41, 5.74) is 3.29. The smallest absolute Gasteiger partial charge is 0.267 e. The van der Waals surface area contributed by atoms with E-state index in [0.717, 1.165) is 42.4 Å². The molecule has 0 bridgehead atoms. The first-order chi connectivity index (χ1) is 14.4. The minimum Gasteiger partial charge on any atom is -0.367 e. The number of aryl methyl sites for hydroxylation is 1. The third kappa shape index (κ3) is 4.62. The Morgan fingerprint density at radius 2 is 1.80 bits per heavy atom. The SMILES string of the molecule is Cc1nc(-c2cccc(Cl)c2)sc1C(=O)Nc1cc(Cl)ccc1N1CCN(C)CC1. The topological polar surface area (TPSA) is 48.5 Å². The van der Waals surface area contributed by atoms with Crippen LogP contribution in [0.3, 0.4) is 0 Å². The van der Waals surface area contributed by atoms with Gasteiger partial charge in [-0.15, -0.1) is 11.3 Å². The zero-order valence-corrected chi connectivity index (χ0v) is 19.1. The van der Waals surface area contributed by atoms with Gasteiger partial charge in [0, 0.05) is 41.8 Å². The number of benzene rings is 2. The van der Waals surface area contributed by atoms with Gasteiger partial charge in [0.25, 0.3) is 5.91 Å². The van der Waals surface area contributed by atoms with E-state index >= 15 is 0 Å². The summed E-state index contributed by atoms with van der Waals surface area (Å²) in [6.07, 6.45) is 0. The van der Waals surface area contributed by atoms with E-state index in [4.69, 9.17) is 23.2 Å². The first-order valence-corrected chi connectivity index (χ1v) is 11.3. The molecule has 0 aliphatic carbocycles. The molecule has 1 N–H and O–H groups in total. The Labute approximate surface area is 190 Å². The molecule has 3 aromatic rings. The average Bonchev–Trinajstić information content (AvgIpc) is 3.11. The fourth-order valence-electron chi connectivity index (χ4n) is 3.46. The summed E-state index contributed by atoms with van der Waals surface area (Å²) in [5, 5.41) is 5.06. The summed E-state index contributed by atoms with van der Waals surface area (Å²) < 4.78 is 0. The van der Waals surface area contributed by atoms with E-state index in [0.29, 0.717) is 26.3 Å². The second kappa shape index (κ2) is 8.94. The van der Waals surface area contributed by atoms with Crippen molar-refractivity contribution in [2.45, 2.75) is 6.92 Å². The molecule has 1 fully saturated rings. The Balaban J connectivity index is 1.59. The lowest BCUT2D eigenvalue weighted by atomic mass is 10.2. The standard InChI is InChI=1S/C22H22Cl2N4OS/c1-14-20(30-22(25-14)15-4-3-5-16(23)12-15)21(29)26-18-13-17(24)6-7-19(18)28-10-8-27(2)9-11-28/h3-7,12-13H,8-11H2,1-2H3,(H,26,29). The molecule has 0 atom stereocenters. The number of likely N-dealkylation sites (N-methyl/N-ethyl adjacent to an activating group) is 1. The van der Waals surface area contributed by atoms with Gasteiger partial charge < -0.3 is 15.1 Å². The summed E-state index contributed by atoms with van der Waals surface area (Å²) in [5.74, 6) is -0.184. The minimum absolute atomic E-state index is 0.184. The van der Waals surface area contributed by atoms with Crippen LogP contribution in [-0.4, -0.2) is 49.0 Å². The molecule has 2 aromatic carbocycles. The molecule has 4 rings (SSSR count). The monoisotopic (exact) mass is 460 g/mol. The van der Waals surface area contributed by atoms with Gasteiger partial charge in [-0.3, -0.25) is 4.79 Å². The molecule has 8 heteroatoms. The van der Waals surface area contributed by atoms with Crippen LogP contribution in [0.4, 0.5) is 11.4 Å². The largest absolute Gasteiger partial charge is 0.367 e. The van der Waals surface area contributed by atoms with Gasteiger partial charge >= 0.3 is 0 Å². The van der Waals surface area contributed by atoms with Crippen molar-refractivity contribution in [3.05, 3.63) is 63.1 Å². The molecule has 1 amide bonds. The molecule has 156 valence electrons. The van der Waals surface area contributed by atoms with E-state index in [1.807, 2.05) is 43.3 Å². The van der Waals surface area contributed by atoms with Crippen molar-refractivity contribution in [1.29, 1.82) is 0 Å². The molecule has 1 saturated heterocycles. The predicted octanol–water partition coefficient (Wildman–Crippen LogP) is 5.43. The quantitative estimate of drug-likeness (QED) is 0.563. The summed E-state index contributed by atoms with van der Waals surface area (Å²) >= 11 is 13.7. The molecule has 5 nitrogen and oxygen atoms in total. The Morgan fingerprint density at radius 1 is 1.07 bits per heavy atom. The van der Waals surface area contributed by atoms with Crippen molar-refractivity contribution in [3.8, 4) is 10.6 Å². The number of hydrogen-bond donors (Lipinski definition) is 1. The number of rotatable bonds is 4. The van der Waals surface area contributed by atoms with Crippen molar-refractivity contribution < 1.29 is 4.79 Å². The van der Waals surface area contributed by atoms with Crippen molar-refractivity contribution in [3.63, 3.8) is 0 Å². The number of carbonyl (C=O) groups excluding carboxylic acids is 1. The van der Waals surface area contributed by atoms with Crippen LogP contribution in [0.5, 0.6) is 0 Å². The van der Waals surface area contributed by atoms with Crippen LogP contribution in [0, 0.1) is 6.92 Å². The first kappa shape index (κ1) is 21.1. The zero-order chi connectivity index (χ0) is 21.3. The van der Waals surface area contributed by atoms with Crippen LogP contribution >= 0.6 is 34.5 Å². The van der Waals surface area contributed by atoms with E-state index in [1.54, 1.807) is 6.07 Å². The fraction of sp³-hybridized carbons (Fsp3) is 0.273. The van der Waals surface area contributed by atoms with Crippen LogP contribution in [0.15, 0.2) is 42.5 Å². The maximum atomic E-state index is 13.1. The van der Waals surface area contributed by atoms with Gasteiger partial charge in [0.2, 0.25) is 0 Å². The number of nitrogens with zero attached hydrogens (tertiary/aromatic N) is 3. The molecule has 30 heavy (non-hydrogen) atoms. The van der Waals surface area contributed by atoms with Gasteiger partial charge in [-0.25, -0.2) is 4.98 Å². The highest BCUT2D eigenvalue weighted by Gasteiger charge is 2.21. The van der Waals surface area contributed by atoms with Crippen molar-refractivity contribution in [2.75, 3.05) is 43.4 Å². The fourth-order valence-corrected chi connectivity index (χ4v) is 4.78. The second-order valence-corrected chi connectivity index (χ2v) is 9.22. The van der Waals surface area contributed by atoms with Crippen LogP contribution in [-0.2, 0) is 0 Å². The lowest BCUT2D eigenvalue weighted by molar-refractivity contribution is 0.103. The third-order valence-corrected chi connectivity index (χ3v) is 6.80. The summed E-state index contributed by atoms with van der Waals surface area (Å²) in [7, 11) is 2.12. The number of aromatic nitrogens is 1. The molecule has 1 aliphatic heterocycles. The molecule has 2 heterocycles. The lowest BCUT2D eigenvalue weighted by Crippen LogP contribution is -2.44. The van der Waals surface area contributed by atoms with Gasteiger partial charge in [-0.05, 0) is 44.3 Å². The Morgan fingerprint density at radius 3 is 2.53 bits per heavy atom. The maximum Gasteiger partial charge on any atom is 0.267 e. The highest BCUT2D eigenvalue weighted by atomic mass is 35.5. The number of amides is 1. The number of nitrogens with one attached hydrogen (secondary N) is 1. The first-order valence-electron chi connectivity index (χ1n) is 9.68. The van der Waals surface area contributed by atoms with Gasteiger partial charge in [0.15, 0.2) is 0 Å². The van der Waals surface area contributed by atoms with E-state index in [1.165, 1.54) is 11.3 Å². The Bertz CT molecular complexity index is 1080. The Kier molecular flexibility index (Phi) is 6.29.